The van der Waals surface area contributed by atoms with E-state index in [9.17, 15) is 8.94 Å². The van der Waals surface area contributed by atoms with Gasteiger partial charge in [0.15, 0.2) is 5.15 Å². The van der Waals surface area contributed by atoms with Crippen molar-refractivity contribution in [3.05, 3.63) is 59.0 Å². The van der Waals surface area contributed by atoms with Gasteiger partial charge >= 0.3 is 0 Å². The zero-order valence-electron chi connectivity index (χ0n) is 21.6. The Balaban J connectivity index is 1.47. The van der Waals surface area contributed by atoms with E-state index in [1.54, 1.807) is 35.9 Å². The Morgan fingerprint density at radius 2 is 1.92 bits per heavy atom. The highest BCUT2D eigenvalue weighted by molar-refractivity contribution is 7.90. The van der Waals surface area contributed by atoms with Gasteiger partial charge < -0.3 is 23.1 Å². The molecule has 0 unspecified atom stereocenters. The molecule has 0 saturated carbocycles. The van der Waals surface area contributed by atoms with Gasteiger partial charge in [0.1, 0.15) is 28.3 Å². The Labute approximate surface area is 225 Å². The van der Waals surface area contributed by atoms with Gasteiger partial charge in [-0.05, 0) is 45.7 Å². The summed E-state index contributed by atoms with van der Waals surface area (Å²) in [7, 11) is 1.81. The highest BCUT2D eigenvalue weighted by Crippen LogP contribution is 2.37. The third-order valence-electron chi connectivity index (χ3n) is 6.43. The van der Waals surface area contributed by atoms with Crippen LogP contribution >= 0.6 is 11.6 Å². The van der Waals surface area contributed by atoms with Gasteiger partial charge in [-0.15, -0.1) is 4.72 Å². The second kappa shape index (κ2) is 11.8. The van der Waals surface area contributed by atoms with E-state index in [0.29, 0.717) is 48.8 Å². The van der Waals surface area contributed by atoms with Crippen molar-refractivity contribution < 1.29 is 22.9 Å². The summed E-state index contributed by atoms with van der Waals surface area (Å²) in [6.07, 6.45) is 5.36. The number of rotatable bonds is 11. The summed E-state index contributed by atoms with van der Waals surface area (Å²) >= 11 is 5.26. The van der Waals surface area contributed by atoms with Crippen LogP contribution in [0.3, 0.4) is 0 Å². The lowest BCUT2D eigenvalue weighted by molar-refractivity contribution is -0.175. The van der Waals surface area contributed by atoms with Crippen LogP contribution in [0.25, 0.3) is 11.4 Å². The van der Waals surface area contributed by atoms with Gasteiger partial charge in [0.25, 0.3) is 0 Å². The van der Waals surface area contributed by atoms with Crippen LogP contribution in [-0.4, -0.2) is 37.2 Å². The normalized spacial score (nSPS) is 17.3. The zero-order valence-corrected chi connectivity index (χ0v) is 23.2. The molecule has 0 bridgehead atoms. The van der Waals surface area contributed by atoms with Crippen molar-refractivity contribution in [1.29, 1.82) is 0 Å². The molecule has 4 rings (SSSR count). The molecule has 1 aliphatic heterocycles. The number of benzene rings is 1. The summed E-state index contributed by atoms with van der Waals surface area (Å²) in [6, 6.07) is 7.89. The fourth-order valence-corrected chi connectivity index (χ4v) is 5.64. The summed E-state index contributed by atoms with van der Waals surface area (Å²) < 4.78 is 48.9. The van der Waals surface area contributed by atoms with Crippen molar-refractivity contribution in [3.8, 4) is 11.4 Å². The van der Waals surface area contributed by atoms with Gasteiger partial charge in [0, 0.05) is 30.9 Å². The number of nitrogens with one attached hydrogen (secondary N) is 1. The average Bonchev–Trinajstić information content (AvgIpc) is 3.60. The predicted octanol–water partition coefficient (Wildman–Crippen LogP) is 5.81. The smallest absolute Gasteiger partial charge is 0.215 e. The van der Waals surface area contributed by atoms with E-state index in [2.05, 4.69) is 14.9 Å². The molecule has 1 saturated heterocycles. The number of nitrogens with zero attached hydrogens (tertiary/aromatic N) is 3. The van der Waals surface area contributed by atoms with E-state index >= 15 is 0 Å². The zero-order chi connectivity index (χ0) is 26.6. The molecule has 2 atom stereocenters. The Bertz CT molecular complexity index is 1160. The second-order valence-corrected chi connectivity index (χ2v) is 12.5. The number of aromatic nitrogens is 3. The molecule has 1 aliphatic rings. The van der Waals surface area contributed by atoms with Gasteiger partial charge in [0.2, 0.25) is 5.79 Å². The molecule has 8 nitrogen and oxygen atoms in total. The Morgan fingerprint density at radius 1 is 1.19 bits per heavy atom. The fraction of sp³-hybridized carbons (Fsp3) is 0.538. The Kier molecular flexibility index (Phi) is 8.98. The number of imidazole rings is 1. The highest BCUT2D eigenvalue weighted by atomic mass is 35.5. The Hall–Kier alpha value is -1.95. The number of hydrogen-bond acceptors (Lipinski definition) is 7. The molecular formula is C26H34ClFN4O4S. The number of ether oxygens (including phenoxy) is 2. The van der Waals surface area contributed by atoms with Crippen LogP contribution < -0.4 is 4.72 Å². The van der Waals surface area contributed by atoms with E-state index in [1.165, 1.54) is 12.3 Å². The number of halogens is 2. The lowest BCUT2D eigenvalue weighted by Gasteiger charge is -2.28. The number of unbranched alkanes of at least 4 members (excludes halogenated alkanes) is 2. The maximum absolute atomic E-state index is 14.5. The largest absolute Gasteiger partial charge is 0.598 e. The molecular weight excluding hydrogens is 519 g/mol. The van der Waals surface area contributed by atoms with Crippen molar-refractivity contribution >= 4 is 23.0 Å². The van der Waals surface area contributed by atoms with Crippen LogP contribution in [0.15, 0.2) is 41.1 Å². The molecule has 1 N–H and O–H groups in total. The first-order valence-corrected chi connectivity index (χ1v) is 14.0. The minimum Gasteiger partial charge on any atom is -0.598 e. The van der Waals surface area contributed by atoms with Crippen LogP contribution in [-0.2, 0) is 33.7 Å². The second-order valence-electron chi connectivity index (χ2n) is 10.1. The summed E-state index contributed by atoms with van der Waals surface area (Å²) in [5.74, 6) is -0.811. The third kappa shape index (κ3) is 6.38. The minimum atomic E-state index is -1.34. The molecule has 2 aromatic heterocycles. The van der Waals surface area contributed by atoms with Gasteiger partial charge in [-0.2, -0.15) is 0 Å². The molecule has 11 heteroatoms. The van der Waals surface area contributed by atoms with Crippen molar-refractivity contribution in [3.63, 3.8) is 0 Å². The molecule has 1 aromatic carbocycles. The molecule has 3 heterocycles. The molecule has 37 heavy (non-hydrogen) atoms. The van der Waals surface area contributed by atoms with E-state index < -0.39 is 21.9 Å². The van der Waals surface area contributed by atoms with Crippen LogP contribution in [0.2, 0.25) is 5.15 Å². The standard InChI is InChI=1S/C26H34ClFN4O4S/c1-25(2,3)37(33)31-20(22-23(27)29-24(32(22)4)18-10-7-8-11-19(18)28)12-6-5-9-14-26(34-16-17-35-26)21-13-15-36-30-21/h7-8,10-11,13,15,20,31H,5-6,9,12,14,16-17H2,1-4H3/t20-,37+/m0/s1. The van der Waals surface area contributed by atoms with E-state index in [-0.39, 0.29) is 17.0 Å². The Morgan fingerprint density at radius 3 is 2.57 bits per heavy atom. The van der Waals surface area contributed by atoms with Crippen LogP contribution in [0.4, 0.5) is 4.39 Å². The molecule has 1 fully saturated rings. The molecule has 202 valence electrons. The fourth-order valence-electron chi connectivity index (χ4n) is 4.46. The first-order chi connectivity index (χ1) is 17.6. The van der Waals surface area contributed by atoms with Crippen LogP contribution in [0.1, 0.15) is 70.3 Å². The van der Waals surface area contributed by atoms with Gasteiger partial charge in [0.05, 0.1) is 30.5 Å². The van der Waals surface area contributed by atoms with Crippen molar-refractivity contribution in [2.75, 3.05) is 13.2 Å². The highest BCUT2D eigenvalue weighted by Gasteiger charge is 2.40. The SMILES string of the molecule is Cn1c(-c2ccccc2F)nc(Cl)c1[C@H](CCCCCC1(c2ccon2)OCCO1)N[S@+]([O-])C(C)(C)C. The quantitative estimate of drug-likeness (QED) is 0.237. The lowest BCUT2D eigenvalue weighted by atomic mass is 10.0. The van der Waals surface area contributed by atoms with E-state index in [4.69, 9.17) is 25.6 Å². The first kappa shape index (κ1) is 28.1. The van der Waals surface area contributed by atoms with Gasteiger partial charge in [-0.1, -0.05) is 41.7 Å². The van der Waals surface area contributed by atoms with E-state index in [1.807, 2.05) is 20.8 Å². The lowest BCUT2D eigenvalue weighted by Crippen LogP contribution is -2.41. The molecule has 0 radical (unpaired) electrons. The third-order valence-corrected chi connectivity index (χ3v) is 8.31. The van der Waals surface area contributed by atoms with Crippen molar-refractivity contribution in [1.82, 2.24) is 19.4 Å². The topological polar surface area (TPSA) is 97.4 Å². The van der Waals surface area contributed by atoms with Gasteiger partial charge in [-0.25, -0.2) is 9.37 Å². The van der Waals surface area contributed by atoms with Crippen molar-refractivity contribution in [2.45, 2.75) is 69.5 Å². The predicted molar refractivity (Wildman–Crippen MR) is 141 cm³/mol. The molecule has 0 spiro atoms. The monoisotopic (exact) mass is 552 g/mol. The van der Waals surface area contributed by atoms with E-state index in [0.717, 1.165) is 19.3 Å². The van der Waals surface area contributed by atoms with Crippen LogP contribution in [0.5, 0.6) is 0 Å². The van der Waals surface area contributed by atoms with Crippen LogP contribution in [0, 0.1) is 5.82 Å². The van der Waals surface area contributed by atoms with Gasteiger partial charge in [-0.3, -0.25) is 0 Å². The van der Waals surface area contributed by atoms with Crippen molar-refractivity contribution in [2.24, 2.45) is 7.05 Å². The maximum Gasteiger partial charge on any atom is 0.215 e. The first-order valence-electron chi connectivity index (χ1n) is 12.5. The molecule has 0 amide bonds. The number of hydrogen-bond donors (Lipinski definition) is 1. The summed E-state index contributed by atoms with van der Waals surface area (Å²) in [6.45, 7) is 6.76. The summed E-state index contributed by atoms with van der Waals surface area (Å²) in [5.41, 5.74) is 1.69. The average molecular weight is 553 g/mol. The minimum absolute atomic E-state index is 0.266. The summed E-state index contributed by atoms with van der Waals surface area (Å²) in [4.78, 5) is 4.47. The maximum atomic E-state index is 14.5. The summed E-state index contributed by atoms with van der Waals surface area (Å²) in [5, 5.41) is 4.29. The molecule has 0 aliphatic carbocycles. The molecule has 3 aromatic rings.